The average molecular weight is 416 g/mol. The molecular formula is C23H29NO4S. The largest absolute Gasteiger partial charge is 0.493 e. The third-order valence-electron chi connectivity index (χ3n) is 5.48. The van der Waals surface area contributed by atoms with Crippen molar-refractivity contribution in [1.82, 2.24) is 5.32 Å². The van der Waals surface area contributed by atoms with Crippen molar-refractivity contribution < 1.29 is 17.9 Å². The minimum atomic E-state index is -3.58. The van der Waals surface area contributed by atoms with Crippen LogP contribution < -0.4 is 14.8 Å². The van der Waals surface area contributed by atoms with E-state index in [0.717, 1.165) is 12.0 Å². The molecule has 0 radical (unpaired) electrons. The van der Waals surface area contributed by atoms with E-state index in [1.807, 2.05) is 56.3 Å². The van der Waals surface area contributed by atoms with Gasteiger partial charge in [-0.05, 0) is 30.0 Å². The summed E-state index contributed by atoms with van der Waals surface area (Å²) >= 11 is 0. The Kier molecular flexibility index (Phi) is 6.34. The Morgan fingerprint density at radius 2 is 1.76 bits per heavy atom. The summed E-state index contributed by atoms with van der Waals surface area (Å²) in [6.07, 6.45) is 5.54. The van der Waals surface area contributed by atoms with E-state index in [1.54, 1.807) is 19.2 Å². The van der Waals surface area contributed by atoms with Crippen LogP contribution in [0.1, 0.15) is 43.9 Å². The molecule has 0 aromatic heterocycles. The number of ether oxygens (including phenoxy) is 2. The highest BCUT2D eigenvalue weighted by molar-refractivity contribution is 7.91. The number of methoxy groups -OCH3 is 2. The van der Waals surface area contributed by atoms with Crippen LogP contribution in [0.2, 0.25) is 0 Å². The highest BCUT2D eigenvalue weighted by Gasteiger charge is 2.41. The van der Waals surface area contributed by atoms with Crippen molar-refractivity contribution in [2.24, 2.45) is 0 Å². The fourth-order valence-corrected chi connectivity index (χ4v) is 5.90. The summed E-state index contributed by atoms with van der Waals surface area (Å²) in [6, 6.07) is 13.0. The maximum atomic E-state index is 13.5. The summed E-state index contributed by atoms with van der Waals surface area (Å²) in [5, 5.41) is 3.67. The van der Waals surface area contributed by atoms with Crippen LogP contribution in [0.15, 0.2) is 59.5 Å². The number of rotatable bonds is 6. The standard InChI is InChI=1S/C23H29NO4S/c1-5-7-13-23(6-2)16-29(25,26)21-15-20(28-4)19(27-3)14-18(21)22(24-23)17-11-9-8-10-12-17/h7-15,22,24H,5-6,16H2,1-4H3/t22-,23+/m0/s1. The maximum Gasteiger partial charge on any atom is 0.180 e. The van der Waals surface area contributed by atoms with E-state index in [0.29, 0.717) is 23.5 Å². The average Bonchev–Trinajstić information content (AvgIpc) is 2.84. The molecule has 0 bridgehead atoms. The van der Waals surface area contributed by atoms with Gasteiger partial charge in [0.2, 0.25) is 0 Å². The van der Waals surface area contributed by atoms with E-state index in [-0.39, 0.29) is 16.7 Å². The molecule has 5 nitrogen and oxygen atoms in total. The monoisotopic (exact) mass is 415 g/mol. The molecule has 0 spiro atoms. The number of hydrogen-bond donors (Lipinski definition) is 1. The van der Waals surface area contributed by atoms with Crippen molar-refractivity contribution in [3.05, 3.63) is 65.7 Å². The van der Waals surface area contributed by atoms with E-state index >= 15 is 0 Å². The van der Waals surface area contributed by atoms with E-state index in [1.165, 1.54) is 7.11 Å². The second-order valence-electron chi connectivity index (χ2n) is 7.31. The molecule has 0 aliphatic carbocycles. The lowest BCUT2D eigenvalue weighted by Gasteiger charge is -2.33. The highest BCUT2D eigenvalue weighted by atomic mass is 32.2. The van der Waals surface area contributed by atoms with Crippen LogP contribution >= 0.6 is 0 Å². The Labute approximate surface area is 173 Å². The lowest BCUT2D eigenvalue weighted by Crippen LogP contribution is -2.48. The van der Waals surface area contributed by atoms with Gasteiger partial charge in [-0.15, -0.1) is 0 Å². The highest BCUT2D eigenvalue weighted by Crippen LogP contribution is 2.42. The molecule has 0 unspecified atom stereocenters. The first-order valence-electron chi connectivity index (χ1n) is 9.88. The normalized spacial score (nSPS) is 23.4. The van der Waals surface area contributed by atoms with Gasteiger partial charge >= 0.3 is 0 Å². The molecule has 2 aromatic carbocycles. The van der Waals surface area contributed by atoms with E-state index in [2.05, 4.69) is 5.32 Å². The quantitative estimate of drug-likeness (QED) is 0.713. The van der Waals surface area contributed by atoms with Crippen molar-refractivity contribution >= 4 is 9.84 Å². The predicted molar refractivity (Wildman–Crippen MR) is 115 cm³/mol. The lowest BCUT2D eigenvalue weighted by molar-refractivity contribution is 0.351. The third-order valence-corrected chi connectivity index (χ3v) is 7.40. The number of allylic oxidation sites excluding steroid dienone is 1. The summed E-state index contributed by atoms with van der Waals surface area (Å²) in [5.41, 5.74) is 1.00. The van der Waals surface area contributed by atoms with E-state index in [4.69, 9.17) is 9.47 Å². The molecule has 0 saturated heterocycles. The first-order valence-corrected chi connectivity index (χ1v) is 11.5. The Morgan fingerprint density at radius 1 is 1.10 bits per heavy atom. The SMILES string of the molecule is CCC=C[C@]1(CC)CS(=O)(=O)c2cc(OC)c(OC)cc2[C@H](c2ccccc2)N1. The Morgan fingerprint density at radius 3 is 2.34 bits per heavy atom. The summed E-state index contributed by atoms with van der Waals surface area (Å²) in [7, 11) is -0.505. The van der Waals surface area contributed by atoms with Gasteiger partial charge in [-0.1, -0.05) is 56.3 Å². The summed E-state index contributed by atoms with van der Waals surface area (Å²) in [6.45, 7) is 4.06. The molecule has 2 atom stereocenters. The topological polar surface area (TPSA) is 64.6 Å². The van der Waals surface area contributed by atoms with Crippen molar-refractivity contribution in [3.8, 4) is 11.5 Å². The molecule has 0 fully saturated rings. The van der Waals surface area contributed by atoms with Gasteiger partial charge in [0, 0.05) is 6.07 Å². The number of fused-ring (bicyclic) bond motifs is 1. The molecule has 1 N–H and O–H groups in total. The number of hydrogen-bond acceptors (Lipinski definition) is 5. The van der Waals surface area contributed by atoms with Gasteiger partial charge in [0.25, 0.3) is 0 Å². The van der Waals surface area contributed by atoms with E-state index < -0.39 is 15.4 Å². The van der Waals surface area contributed by atoms with Crippen molar-refractivity contribution in [2.75, 3.05) is 20.0 Å². The van der Waals surface area contributed by atoms with Crippen molar-refractivity contribution in [1.29, 1.82) is 0 Å². The van der Waals surface area contributed by atoms with Crippen LogP contribution in [-0.2, 0) is 9.84 Å². The zero-order chi connectivity index (χ0) is 21.1. The van der Waals surface area contributed by atoms with Crippen LogP contribution in [-0.4, -0.2) is 33.9 Å². The lowest BCUT2D eigenvalue weighted by atomic mass is 9.91. The first-order chi connectivity index (χ1) is 13.9. The molecule has 29 heavy (non-hydrogen) atoms. The van der Waals surface area contributed by atoms with Crippen LogP contribution in [0.5, 0.6) is 11.5 Å². The molecule has 0 saturated carbocycles. The van der Waals surface area contributed by atoms with Gasteiger partial charge in [-0.2, -0.15) is 0 Å². The third kappa shape index (κ3) is 4.19. The molecule has 0 amide bonds. The van der Waals surface area contributed by atoms with Gasteiger partial charge in [-0.25, -0.2) is 8.42 Å². The van der Waals surface area contributed by atoms with Gasteiger partial charge in [-0.3, -0.25) is 5.32 Å². The second kappa shape index (κ2) is 8.59. The van der Waals surface area contributed by atoms with Crippen LogP contribution in [0.4, 0.5) is 0 Å². The minimum Gasteiger partial charge on any atom is -0.493 e. The molecule has 1 heterocycles. The maximum absolute atomic E-state index is 13.5. The van der Waals surface area contributed by atoms with Crippen molar-refractivity contribution in [3.63, 3.8) is 0 Å². The first kappa shape index (κ1) is 21.4. The van der Waals surface area contributed by atoms with Crippen molar-refractivity contribution in [2.45, 2.75) is 43.2 Å². The summed E-state index contributed by atoms with van der Waals surface area (Å²) in [5.74, 6) is 0.908. The molecule has 2 aromatic rings. The Balaban J connectivity index is 2.31. The van der Waals surface area contributed by atoms with Gasteiger partial charge in [0.1, 0.15) is 0 Å². The second-order valence-corrected chi connectivity index (χ2v) is 9.27. The number of nitrogens with one attached hydrogen (secondary N) is 1. The number of sulfone groups is 1. The molecule has 6 heteroatoms. The molecule has 1 aliphatic heterocycles. The van der Waals surface area contributed by atoms with Gasteiger partial charge < -0.3 is 9.47 Å². The van der Waals surface area contributed by atoms with Crippen LogP contribution in [0.25, 0.3) is 0 Å². The summed E-state index contributed by atoms with van der Waals surface area (Å²) < 4.78 is 37.9. The van der Waals surface area contributed by atoms with Gasteiger partial charge in [0.05, 0.1) is 36.4 Å². The Hall–Kier alpha value is -2.31. The fraction of sp³-hybridized carbons (Fsp3) is 0.391. The Bertz CT molecular complexity index is 985. The zero-order valence-corrected chi connectivity index (χ0v) is 18.3. The number of benzene rings is 2. The molecular weight excluding hydrogens is 386 g/mol. The fourth-order valence-electron chi connectivity index (χ4n) is 3.86. The van der Waals surface area contributed by atoms with Crippen LogP contribution in [0.3, 0.4) is 0 Å². The predicted octanol–water partition coefficient (Wildman–Crippen LogP) is 4.29. The molecule has 3 rings (SSSR count). The molecule has 156 valence electrons. The summed E-state index contributed by atoms with van der Waals surface area (Å²) in [4.78, 5) is 0.289. The smallest absolute Gasteiger partial charge is 0.180 e. The minimum absolute atomic E-state index is 0.0151. The van der Waals surface area contributed by atoms with E-state index in [9.17, 15) is 8.42 Å². The zero-order valence-electron chi connectivity index (χ0n) is 17.4. The molecule has 1 aliphatic rings. The van der Waals surface area contributed by atoms with Gasteiger partial charge in [0.15, 0.2) is 21.3 Å². The van der Waals surface area contributed by atoms with Crippen LogP contribution in [0, 0.1) is 0 Å².